The van der Waals surface area contributed by atoms with E-state index in [0.717, 1.165) is 19.4 Å². The number of nitrogens with one attached hydrogen (secondary N) is 1. The Morgan fingerprint density at radius 2 is 2.21 bits per heavy atom. The smallest absolute Gasteiger partial charge is 0.321 e. The second-order valence-corrected chi connectivity index (χ2v) is 5.48. The summed E-state index contributed by atoms with van der Waals surface area (Å²) in [7, 11) is 0. The highest BCUT2D eigenvalue weighted by Crippen LogP contribution is 2.22. The number of hydrogen-bond acceptors (Lipinski definition) is 2. The van der Waals surface area contributed by atoms with Crippen molar-refractivity contribution in [3.8, 4) is 0 Å². The highest BCUT2D eigenvalue weighted by atomic mass is 35.5. The number of rotatable bonds is 2. The van der Waals surface area contributed by atoms with Crippen LogP contribution >= 0.6 is 23.8 Å². The number of anilines is 1. The summed E-state index contributed by atoms with van der Waals surface area (Å²) in [5.74, 6) is 0.112. The number of halogens is 1. The van der Waals surface area contributed by atoms with Crippen LogP contribution in [0.3, 0.4) is 0 Å². The molecule has 1 saturated heterocycles. The maximum Gasteiger partial charge on any atom is 0.321 e. The molecule has 0 spiro atoms. The van der Waals surface area contributed by atoms with E-state index in [1.807, 2.05) is 12.1 Å². The number of benzene rings is 1. The topological polar surface area (TPSA) is 58.4 Å². The van der Waals surface area contributed by atoms with Gasteiger partial charge in [0.2, 0.25) is 0 Å². The van der Waals surface area contributed by atoms with Gasteiger partial charge >= 0.3 is 6.03 Å². The third-order valence-electron chi connectivity index (χ3n) is 3.23. The molecule has 1 aliphatic heterocycles. The lowest BCUT2D eigenvalue weighted by Gasteiger charge is -2.32. The van der Waals surface area contributed by atoms with Crippen molar-refractivity contribution in [3.05, 3.63) is 29.3 Å². The second-order valence-electron chi connectivity index (χ2n) is 4.60. The molecule has 4 nitrogen and oxygen atoms in total. The van der Waals surface area contributed by atoms with E-state index in [1.54, 1.807) is 17.0 Å². The number of para-hydroxylation sites is 1. The minimum absolute atomic E-state index is 0.112. The number of urea groups is 1. The third-order valence-corrected chi connectivity index (χ3v) is 3.89. The number of carbonyl (C=O) groups is 1. The molecule has 1 unspecified atom stereocenters. The molecule has 1 aromatic carbocycles. The van der Waals surface area contributed by atoms with Crippen LogP contribution in [0, 0.1) is 5.92 Å². The van der Waals surface area contributed by atoms with Crippen LogP contribution in [0.15, 0.2) is 24.3 Å². The Morgan fingerprint density at radius 1 is 1.47 bits per heavy atom. The van der Waals surface area contributed by atoms with E-state index in [2.05, 4.69) is 5.32 Å². The molecule has 0 saturated carbocycles. The van der Waals surface area contributed by atoms with Gasteiger partial charge in [0.05, 0.1) is 15.7 Å². The third kappa shape index (κ3) is 3.58. The first-order valence-electron chi connectivity index (χ1n) is 6.17. The molecular formula is C13H16ClN3OS. The summed E-state index contributed by atoms with van der Waals surface area (Å²) in [6.45, 7) is 1.29. The van der Waals surface area contributed by atoms with E-state index < -0.39 is 0 Å². The van der Waals surface area contributed by atoms with E-state index in [0.29, 0.717) is 22.2 Å². The fourth-order valence-corrected chi connectivity index (χ4v) is 2.53. The first-order valence-corrected chi connectivity index (χ1v) is 6.96. The molecule has 2 amide bonds. The van der Waals surface area contributed by atoms with E-state index in [9.17, 15) is 4.79 Å². The number of likely N-dealkylation sites (tertiary alicyclic amines) is 1. The first kappa shape index (κ1) is 14.1. The summed E-state index contributed by atoms with van der Waals surface area (Å²) in [5.41, 5.74) is 6.28. The van der Waals surface area contributed by atoms with Crippen molar-refractivity contribution in [2.24, 2.45) is 11.7 Å². The van der Waals surface area contributed by atoms with Crippen LogP contribution in [0.25, 0.3) is 0 Å². The van der Waals surface area contributed by atoms with Crippen molar-refractivity contribution in [2.45, 2.75) is 12.8 Å². The van der Waals surface area contributed by atoms with Gasteiger partial charge in [0, 0.05) is 19.0 Å². The number of hydrogen-bond donors (Lipinski definition) is 2. The molecule has 0 aromatic heterocycles. The summed E-state index contributed by atoms with van der Waals surface area (Å²) in [4.78, 5) is 14.4. The zero-order chi connectivity index (χ0) is 13.8. The van der Waals surface area contributed by atoms with E-state index >= 15 is 0 Å². The van der Waals surface area contributed by atoms with Crippen LogP contribution in [0.1, 0.15) is 12.8 Å². The van der Waals surface area contributed by atoms with Crippen LogP contribution in [0.5, 0.6) is 0 Å². The maximum atomic E-state index is 12.2. The summed E-state index contributed by atoms with van der Waals surface area (Å²) in [6, 6.07) is 7.01. The van der Waals surface area contributed by atoms with E-state index in [1.165, 1.54) is 0 Å². The normalized spacial score (nSPS) is 19.0. The Hall–Kier alpha value is -1.33. The summed E-state index contributed by atoms with van der Waals surface area (Å²) < 4.78 is 0. The fraction of sp³-hybridized carbons (Fsp3) is 0.385. The van der Waals surface area contributed by atoms with Gasteiger partial charge in [-0.25, -0.2) is 4.79 Å². The maximum absolute atomic E-state index is 12.2. The lowest BCUT2D eigenvalue weighted by molar-refractivity contribution is 0.191. The lowest BCUT2D eigenvalue weighted by Crippen LogP contribution is -2.45. The van der Waals surface area contributed by atoms with Gasteiger partial charge in [-0.1, -0.05) is 36.0 Å². The zero-order valence-electron chi connectivity index (χ0n) is 10.4. The Balaban J connectivity index is 2.00. The Bertz CT molecular complexity index is 495. The molecule has 1 aliphatic rings. The minimum atomic E-state index is -0.158. The second kappa shape index (κ2) is 6.21. The molecule has 1 fully saturated rings. The molecule has 1 atom stereocenters. The van der Waals surface area contributed by atoms with Gasteiger partial charge in [0.15, 0.2) is 0 Å². The quantitative estimate of drug-likeness (QED) is 0.825. The van der Waals surface area contributed by atoms with Gasteiger partial charge in [-0.15, -0.1) is 0 Å². The standard InChI is InChI=1S/C13H16ClN3OS/c14-10-5-1-2-6-11(10)16-13(18)17-7-3-4-9(8-17)12(15)19/h1-2,5-6,9H,3-4,7-8H2,(H2,15,19)(H,16,18). The Labute approximate surface area is 122 Å². The molecule has 6 heteroatoms. The van der Waals surface area contributed by atoms with E-state index in [-0.39, 0.29) is 11.9 Å². The molecule has 102 valence electrons. The predicted molar refractivity (Wildman–Crippen MR) is 81.6 cm³/mol. The zero-order valence-corrected chi connectivity index (χ0v) is 12.0. The van der Waals surface area contributed by atoms with Gasteiger partial charge in [-0.05, 0) is 25.0 Å². The van der Waals surface area contributed by atoms with Gasteiger partial charge in [0.1, 0.15) is 0 Å². The van der Waals surface area contributed by atoms with Gasteiger partial charge in [-0.3, -0.25) is 0 Å². The molecular weight excluding hydrogens is 282 g/mol. The molecule has 19 heavy (non-hydrogen) atoms. The van der Waals surface area contributed by atoms with Crippen molar-refractivity contribution in [1.29, 1.82) is 0 Å². The number of carbonyl (C=O) groups excluding carboxylic acids is 1. The SMILES string of the molecule is NC(=S)C1CCCN(C(=O)Nc2ccccc2Cl)C1. The van der Waals surface area contributed by atoms with Crippen molar-refractivity contribution in [1.82, 2.24) is 4.90 Å². The highest BCUT2D eigenvalue weighted by Gasteiger charge is 2.25. The number of nitrogens with zero attached hydrogens (tertiary/aromatic N) is 1. The predicted octanol–water partition coefficient (Wildman–Crippen LogP) is 2.87. The molecule has 0 aliphatic carbocycles. The molecule has 2 rings (SSSR count). The monoisotopic (exact) mass is 297 g/mol. The number of piperidine rings is 1. The van der Waals surface area contributed by atoms with Crippen LogP contribution in [0.4, 0.5) is 10.5 Å². The molecule has 0 radical (unpaired) electrons. The Kier molecular flexibility index (Phi) is 4.61. The summed E-state index contributed by atoms with van der Waals surface area (Å²) >= 11 is 11.0. The number of thiocarbonyl (C=S) groups is 1. The van der Waals surface area contributed by atoms with Crippen molar-refractivity contribution in [3.63, 3.8) is 0 Å². The average Bonchev–Trinajstić information content (AvgIpc) is 2.41. The van der Waals surface area contributed by atoms with Crippen molar-refractivity contribution < 1.29 is 4.79 Å². The number of nitrogens with two attached hydrogens (primary N) is 1. The van der Waals surface area contributed by atoms with Gasteiger partial charge in [0.25, 0.3) is 0 Å². The van der Waals surface area contributed by atoms with Crippen LogP contribution in [-0.4, -0.2) is 29.0 Å². The van der Waals surface area contributed by atoms with Gasteiger partial charge in [-0.2, -0.15) is 0 Å². The molecule has 0 bridgehead atoms. The Morgan fingerprint density at radius 3 is 2.89 bits per heavy atom. The van der Waals surface area contributed by atoms with E-state index in [4.69, 9.17) is 29.6 Å². The fourth-order valence-electron chi connectivity index (χ4n) is 2.15. The molecule has 1 heterocycles. The van der Waals surface area contributed by atoms with Crippen LogP contribution in [0.2, 0.25) is 5.02 Å². The lowest BCUT2D eigenvalue weighted by atomic mass is 9.98. The molecule has 1 aromatic rings. The van der Waals surface area contributed by atoms with Crippen LogP contribution < -0.4 is 11.1 Å². The average molecular weight is 298 g/mol. The molecule has 3 N–H and O–H groups in total. The summed E-state index contributed by atoms with van der Waals surface area (Å²) in [5, 5.41) is 3.34. The highest BCUT2D eigenvalue weighted by molar-refractivity contribution is 7.80. The summed E-state index contributed by atoms with van der Waals surface area (Å²) in [6.07, 6.45) is 1.86. The first-order chi connectivity index (χ1) is 9.08. The van der Waals surface area contributed by atoms with Crippen molar-refractivity contribution >= 4 is 40.5 Å². The number of amides is 2. The minimum Gasteiger partial charge on any atom is -0.393 e. The van der Waals surface area contributed by atoms with Crippen molar-refractivity contribution in [2.75, 3.05) is 18.4 Å². The largest absolute Gasteiger partial charge is 0.393 e. The van der Waals surface area contributed by atoms with Crippen LogP contribution in [-0.2, 0) is 0 Å². The van der Waals surface area contributed by atoms with Gasteiger partial charge < -0.3 is 16.0 Å².